The van der Waals surface area contributed by atoms with Crippen molar-refractivity contribution in [3.8, 4) is 0 Å². The molecule has 0 N–H and O–H groups in total. The lowest BCUT2D eigenvalue weighted by Gasteiger charge is -1.85. The van der Waals surface area contributed by atoms with Gasteiger partial charge in [-0.2, -0.15) is 5.10 Å². The molecule has 1 aromatic rings. The normalized spacial score (nSPS) is 11.9. The smallest absolute Gasteiger partial charge is 0.0919 e. The SMILES string of the molecule is C/C=C\c1cn(C)nc1/C=C\C. The average Bonchev–Trinajstić information content (AvgIpc) is 2.33. The van der Waals surface area contributed by atoms with E-state index in [2.05, 4.69) is 11.2 Å². The van der Waals surface area contributed by atoms with E-state index in [-0.39, 0.29) is 0 Å². The number of hydrogen-bond donors (Lipinski definition) is 0. The lowest BCUT2D eigenvalue weighted by atomic mass is 10.2. The van der Waals surface area contributed by atoms with Crippen molar-refractivity contribution in [2.45, 2.75) is 13.8 Å². The highest BCUT2D eigenvalue weighted by Crippen LogP contribution is 2.09. The fraction of sp³-hybridized carbons (Fsp3) is 0.300. The summed E-state index contributed by atoms with van der Waals surface area (Å²) in [5, 5.41) is 4.30. The first-order valence-corrected chi connectivity index (χ1v) is 4.07. The predicted molar refractivity (Wildman–Crippen MR) is 52.6 cm³/mol. The van der Waals surface area contributed by atoms with Gasteiger partial charge in [-0.25, -0.2) is 0 Å². The van der Waals surface area contributed by atoms with Crippen molar-refractivity contribution in [3.63, 3.8) is 0 Å². The molecule has 0 spiro atoms. The van der Waals surface area contributed by atoms with Gasteiger partial charge in [-0.3, -0.25) is 4.68 Å². The zero-order valence-corrected chi connectivity index (χ0v) is 7.78. The minimum atomic E-state index is 1.03. The standard InChI is InChI=1S/C10H14N2/c1-4-6-9-8-12(3)11-10(9)7-5-2/h4-8H,1-3H3/b6-4-,7-5-. The van der Waals surface area contributed by atoms with Crippen molar-refractivity contribution in [1.82, 2.24) is 9.78 Å². The second-order valence-electron chi connectivity index (χ2n) is 2.64. The molecule has 0 aliphatic rings. The molecular formula is C10H14N2. The van der Waals surface area contributed by atoms with Crippen LogP contribution in [0.2, 0.25) is 0 Å². The first-order valence-electron chi connectivity index (χ1n) is 4.07. The fourth-order valence-electron chi connectivity index (χ4n) is 1.12. The van der Waals surface area contributed by atoms with Gasteiger partial charge in [-0.1, -0.05) is 18.2 Å². The Balaban J connectivity index is 3.07. The summed E-state index contributed by atoms with van der Waals surface area (Å²) in [7, 11) is 1.93. The maximum Gasteiger partial charge on any atom is 0.0919 e. The van der Waals surface area contributed by atoms with E-state index in [1.807, 2.05) is 50.0 Å². The maximum atomic E-state index is 4.30. The van der Waals surface area contributed by atoms with Crippen LogP contribution in [0.25, 0.3) is 12.2 Å². The lowest BCUT2D eigenvalue weighted by molar-refractivity contribution is 0.764. The van der Waals surface area contributed by atoms with Crippen LogP contribution in [0.4, 0.5) is 0 Å². The topological polar surface area (TPSA) is 17.8 Å². The highest BCUT2D eigenvalue weighted by molar-refractivity contribution is 5.61. The molecule has 0 saturated carbocycles. The van der Waals surface area contributed by atoms with Crippen LogP contribution < -0.4 is 0 Å². The van der Waals surface area contributed by atoms with Gasteiger partial charge in [-0.15, -0.1) is 0 Å². The molecule has 1 heterocycles. The van der Waals surface area contributed by atoms with Crippen LogP contribution in [0.15, 0.2) is 18.3 Å². The molecule has 0 saturated heterocycles. The van der Waals surface area contributed by atoms with Crippen LogP contribution in [0.3, 0.4) is 0 Å². The molecule has 0 aliphatic heterocycles. The lowest BCUT2D eigenvalue weighted by Crippen LogP contribution is -1.86. The number of rotatable bonds is 2. The molecule has 0 atom stereocenters. The van der Waals surface area contributed by atoms with Gasteiger partial charge in [0, 0.05) is 18.8 Å². The number of allylic oxidation sites excluding steroid dienone is 2. The van der Waals surface area contributed by atoms with Crippen LogP contribution >= 0.6 is 0 Å². The van der Waals surface area contributed by atoms with Crippen molar-refractivity contribution in [2.24, 2.45) is 7.05 Å². The molecule has 2 nitrogen and oxygen atoms in total. The molecule has 1 rings (SSSR count). The van der Waals surface area contributed by atoms with E-state index >= 15 is 0 Å². The maximum absolute atomic E-state index is 4.30. The third-order valence-corrected chi connectivity index (χ3v) is 1.56. The van der Waals surface area contributed by atoms with E-state index in [1.54, 1.807) is 0 Å². The molecule has 0 radical (unpaired) electrons. The van der Waals surface area contributed by atoms with E-state index in [1.165, 1.54) is 0 Å². The summed E-state index contributed by atoms with van der Waals surface area (Å²) < 4.78 is 1.82. The summed E-state index contributed by atoms with van der Waals surface area (Å²) in [4.78, 5) is 0. The van der Waals surface area contributed by atoms with Gasteiger partial charge in [0.05, 0.1) is 5.69 Å². The number of aromatic nitrogens is 2. The van der Waals surface area contributed by atoms with Crippen molar-refractivity contribution >= 4 is 12.2 Å². The van der Waals surface area contributed by atoms with E-state index < -0.39 is 0 Å². The summed E-state index contributed by atoms with van der Waals surface area (Å²) >= 11 is 0. The second-order valence-corrected chi connectivity index (χ2v) is 2.64. The van der Waals surface area contributed by atoms with Crippen LogP contribution in [0, 0.1) is 0 Å². The van der Waals surface area contributed by atoms with Crippen LogP contribution in [-0.2, 0) is 7.05 Å². The van der Waals surface area contributed by atoms with Gasteiger partial charge in [0.1, 0.15) is 0 Å². The quantitative estimate of drug-likeness (QED) is 0.653. The third-order valence-electron chi connectivity index (χ3n) is 1.56. The Morgan fingerprint density at radius 3 is 2.50 bits per heavy atom. The zero-order chi connectivity index (χ0) is 8.97. The van der Waals surface area contributed by atoms with Gasteiger partial charge in [0.25, 0.3) is 0 Å². The van der Waals surface area contributed by atoms with Crippen molar-refractivity contribution < 1.29 is 0 Å². The Kier molecular flexibility index (Phi) is 2.86. The van der Waals surface area contributed by atoms with Crippen molar-refractivity contribution in [2.75, 3.05) is 0 Å². The molecule has 0 aromatic carbocycles. The number of aryl methyl sites for hydroxylation is 1. The van der Waals surface area contributed by atoms with Crippen LogP contribution in [-0.4, -0.2) is 9.78 Å². The van der Waals surface area contributed by atoms with Crippen molar-refractivity contribution in [3.05, 3.63) is 29.6 Å². The molecule has 2 heteroatoms. The van der Waals surface area contributed by atoms with Gasteiger partial charge >= 0.3 is 0 Å². The third kappa shape index (κ3) is 1.84. The highest BCUT2D eigenvalue weighted by atomic mass is 15.2. The molecule has 0 unspecified atom stereocenters. The second kappa shape index (κ2) is 3.90. The largest absolute Gasteiger partial charge is 0.275 e. The monoisotopic (exact) mass is 162 g/mol. The van der Waals surface area contributed by atoms with E-state index in [0.29, 0.717) is 0 Å². The Morgan fingerprint density at radius 1 is 1.25 bits per heavy atom. The van der Waals surface area contributed by atoms with Gasteiger partial charge in [0.15, 0.2) is 0 Å². The Bertz CT molecular complexity index is 276. The average molecular weight is 162 g/mol. The molecular weight excluding hydrogens is 148 g/mol. The molecule has 12 heavy (non-hydrogen) atoms. The highest BCUT2D eigenvalue weighted by Gasteiger charge is 1.99. The van der Waals surface area contributed by atoms with Crippen molar-refractivity contribution in [1.29, 1.82) is 0 Å². The Labute approximate surface area is 73.2 Å². The van der Waals surface area contributed by atoms with Gasteiger partial charge in [-0.05, 0) is 19.9 Å². The first kappa shape index (κ1) is 8.78. The van der Waals surface area contributed by atoms with E-state index in [0.717, 1.165) is 11.3 Å². The van der Waals surface area contributed by atoms with Gasteiger partial charge < -0.3 is 0 Å². The summed E-state index contributed by atoms with van der Waals surface area (Å²) in [5.41, 5.74) is 2.19. The van der Waals surface area contributed by atoms with E-state index in [4.69, 9.17) is 0 Å². The fourth-order valence-corrected chi connectivity index (χ4v) is 1.12. The molecule has 1 aromatic heterocycles. The minimum absolute atomic E-state index is 1.03. The molecule has 0 amide bonds. The summed E-state index contributed by atoms with van der Waals surface area (Å²) in [6, 6.07) is 0. The Hall–Kier alpha value is -1.31. The Morgan fingerprint density at radius 2 is 1.92 bits per heavy atom. The summed E-state index contributed by atoms with van der Waals surface area (Å²) in [6.45, 7) is 4.00. The summed E-state index contributed by atoms with van der Waals surface area (Å²) in [6.07, 6.45) is 10.1. The molecule has 0 fully saturated rings. The number of nitrogens with zero attached hydrogens (tertiary/aromatic N) is 2. The summed E-state index contributed by atoms with van der Waals surface area (Å²) in [5.74, 6) is 0. The van der Waals surface area contributed by atoms with Crippen LogP contribution in [0.1, 0.15) is 25.1 Å². The van der Waals surface area contributed by atoms with Gasteiger partial charge in [0.2, 0.25) is 0 Å². The minimum Gasteiger partial charge on any atom is -0.275 e. The molecule has 64 valence electrons. The number of hydrogen-bond acceptors (Lipinski definition) is 1. The molecule has 0 bridgehead atoms. The van der Waals surface area contributed by atoms with Crippen LogP contribution in [0.5, 0.6) is 0 Å². The predicted octanol–water partition coefficient (Wildman–Crippen LogP) is 2.49. The molecule has 0 aliphatic carbocycles. The first-order chi connectivity index (χ1) is 5.77. The van der Waals surface area contributed by atoms with E-state index in [9.17, 15) is 0 Å². The zero-order valence-electron chi connectivity index (χ0n) is 7.78.